The van der Waals surface area contributed by atoms with Crippen LogP contribution >= 0.6 is 0 Å². The molecular weight excluding hydrogens is 282 g/mol. The monoisotopic (exact) mass is 305 g/mol. The Morgan fingerprint density at radius 1 is 1.09 bits per heavy atom. The fraction of sp³-hybridized carbons (Fsp3) is 0.438. The molecule has 22 heavy (non-hydrogen) atoms. The third-order valence-corrected chi connectivity index (χ3v) is 2.90. The molecule has 6 nitrogen and oxygen atoms in total. The highest BCUT2D eigenvalue weighted by Gasteiger charge is 2.11. The SMILES string of the molecule is C#CCNC(=NCc1cc(OC)c(OC)cc1OC)NCC. The molecule has 6 heteroatoms. The molecule has 1 aromatic carbocycles. The van der Waals surface area contributed by atoms with Crippen LogP contribution in [0.5, 0.6) is 17.2 Å². The van der Waals surface area contributed by atoms with Crippen molar-refractivity contribution in [3.8, 4) is 29.6 Å². The summed E-state index contributed by atoms with van der Waals surface area (Å²) in [6, 6.07) is 3.64. The fourth-order valence-electron chi connectivity index (χ4n) is 1.86. The Morgan fingerprint density at radius 2 is 1.73 bits per heavy atom. The molecule has 0 saturated heterocycles. The first-order valence-corrected chi connectivity index (χ1v) is 6.94. The number of rotatable bonds is 7. The van der Waals surface area contributed by atoms with Crippen molar-refractivity contribution in [1.82, 2.24) is 10.6 Å². The van der Waals surface area contributed by atoms with E-state index in [1.54, 1.807) is 27.4 Å². The number of methoxy groups -OCH3 is 3. The summed E-state index contributed by atoms with van der Waals surface area (Å²) in [6.07, 6.45) is 5.25. The van der Waals surface area contributed by atoms with E-state index < -0.39 is 0 Å². The summed E-state index contributed by atoms with van der Waals surface area (Å²) in [6.45, 7) is 3.57. The van der Waals surface area contributed by atoms with E-state index in [1.165, 1.54) is 0 Å². The van der Waals surface area contributed by atoms with E-state index in [0.717, 1.165) is 12.1 Å². The van der Waals surface area contributed by atoms with Gasteiger partial charge in [-0.05, 0) is 13.0 Å². The molecule has 120 valence electrons. The molecule has 0 aliphatic carbocycles. The first-order valence-electron chi connectivity index (χ1n) is 6.94. The number of nitrogens with zero attached hydrogens (tertiary/aromatic N) is 1. The van der Waals surface area contributed by atoms with Gasteiger partial charge in [0.25, 0.3) is 0 Å². The summed E-state index contributed by atoms with van der Waals surface area (Å²) in [5.74, 6) is 5.11. The standard InChI is InChI=1S/C16H23N3O3/c1-6-8-18-16(17-7-2)19-11-12-9-14(21-4)15(22-5)10-13(12)20-3/h1,9-10H,7-8,11H2,2-5H3,(H2,17,18,19). The summed E-state index contributed by atoms with van der Waals surface area (Å²) in [5, 5.41) is 6.16. The molecule has 1 rings (SSSR count). The molecule has 0 bridgehead atoms. The number of hydrogen-bond donors (Lipinski definition) is 2. The number of terminal acetylenes is 1. The lowest BCUT2D eigenvalue weighted by molar-refractivity contribution is 0.347. The van der Waals surface area contributed by atoms with Gasteiger partial charge < -0.3 is 24.8 Å². The van der Waals surface area contributed by atoms with Crippen LogP contribution < -0.4 is 24.8 Å². The highest BCUT2D eigenvalue weighted by molar-refractivity contribution is 5.80. The van der Waals surface area contributed by atoms with Gasteiger partial charge in [-0.1, -0.05) is 5.92 Å². The summed E-state index contributed by atoms with van der Waals surface area (Å²) in [7, 11) is 4.79. The number of ether oxygens (including phenoxy) is 3. The Balaban J connectivity index is 3.01. The van der Waals surface area contributed by atoms with Crippen molar-refractivity contribution in [1.29, 1.82) is 0 Å². The Morgan fingerprint density at radius 3 is 2.27 bits per heavy atom. The zero-order chi connectivity index (χ0) is 16.4. The summed E-state index contributed by atoms with van der Waals surface area (Å²) >= 11 is 0. The zero-order valence-electron chi connectivity index (χ0n) is 13.5. The van der Waals surface area contributed by atoms with Gasteiger partial charge >= 0.3 is 0 Å². The summed E-state index contributed by atoms with van der Waals surface area (Å²) in [5.41, 5.74) is 0.887. The molecule has 1 aromatic rings. The van der Waals surface area contributed by atoms with Crippen LogP contribution in [-0.2, 0) is 6.54 Å². The lowest BCUT2D eigenvalue weighted by Crippen LogP contribution is -2.37. The lowest BCUT2D eigenvalue weighted by Gasteiger charge is -2.14. The van der Waals surface area contributed by atoms with Gasteiger partial charge in [-0.3, -0.25) is 0 Å². The number of aliphatic imine (C=N–C) groups is 1. The van der Waals surface area contributed by atoms with E-state index >= 15 is 0 Å². The topological polar surface area (TPSA) is 64.1 Å². The van der Waals surface area contributed by atoms with Crippen LogP contribution in [0.15, 0.2) is 17.1 Å². The largest absolute Gasteiger partial charge is 0.496 e. The van der Waals surface area contributed by atoms with Crippen molar-refractivity contribution in [3.63, 3.8) is 0 Å². The fourth-order valence-corrected chi connectivity index (χ4v) is 1.86. The molecule has 0 fully saturated rings. The number of guanidine groups is 1. The average molecular weight is 305 g/mol. The maximum absolute atomic E-state index is 5.38. The zero-order valence-corrected chi connectivity index (χ0v) is 13.5. The average Bonchev–Trinajstić information content (AvgIpc) is 2.56. The van der Waals surface area contributed by atoms with Gasteiger partial charge in [0.1, 0.15) is 5.75 Å². The number of hydrogen-bond acceptors (Lipinski definition) is 4. The Labute approximate surface area is 131 Å². The van der Waals surface area contributed by atoms with Crippen LogP contribution in [0.25, 0.3) is 0 Å². The van der Waals surface area contributed by atoms with Crippen molar-refractivity contribution in [3.05, 3.63) is 17.7 Å². The maximum atomic E-state index is 5.38. The molecule has 0 heterocycles. The summed E-state index contributed by atoms with van der Waals surface area (Å²) in [4.78, 5) is 4.48. The highest BCUT2D eigenvalue weighted by Crippen LogP contribution is 2.34. The van der Waals surface area contributed by atoms with Gasteiger partial charge in [-0.15, -0.1) is 6.42 Å². The molecule has 0 aromatic heterocycles. The van der Waals surface area contributed by atoms with E-state index in [-0.39, 0.29) is 0 Å². The lowest BCUT2D eigenvalue weighted by atomic mass is 10.1. The molecule has 0 atom stereocenters. The van der Waals surface area contributed by atoms with Crippen molar-refractivity contribution < 1.29 is 14.2 Å². The minimum atomic E-state index is 0.412. The number of benzene rings is 1. The van der Waals surface area contributed by atoms with Gasteiger partial charge in [0.05, 0.1) is 34.4 Å². The van der Waals surface area contributed by atoms with E-state index in [0.29, 0.717) is 36.3 Å². The smallest absolute Gasteiger partial charge is 0.192 e. The molecule has 0 amide bonds. The normalized spacial score (nSPS) is 10.6. The second-order valence-corrected chi connectivity index (χ2v) is 4.27. The second kappa shape index (κ2) is 9.40. The van der Waals surface area contributed by atoms with E-state index in [4.69, 9.17) is 20.6 Å². The van der Waals surface area contributed by atoms with Gasteiger partial charge in [0, 0.05) is 18.2 Å². The predicted octanol–water partition coefficient (Wildman–Crippen LogP) is 1.40. The maximum Gasteiger partial charge on any atom is 0.192 e. The van der Waals surface area contributed by atoms with Gasteiger partial charge in [-0.2, -0.15) is 0 Å². The third kappa shape index (κ3) is 4.77. The van der Waals surface area contributed by atoms with Crippen molar-refractivity contribution in [2.24, 2.45) is 4.99 Å². The quantitative estimate of drug-likeness (QED) is 0.453. The molecule has 2 N–H and O–H groups in total. The Hall–Kier alpha value is -2.55. The molecule has 0 aliphatic rings. The molecule has 0 radical (unpaired) electrons. The van der Waals surface area contributed by atoms with Crippen LogP contribution in [0.2, 0.25) is 0 Å². The van der Waals surface area contributed by atoms with Crippen molar-refractivity contribution in [2.75, 3.05) is 34.4 Å². The van der Waals surface area contributed by atoms with Crippen molar-refractivity contribution in [2.45, 2.75) is 13.5 Å². The second-order valence-electron chi connectivity index (χ2n) is 4.27. The summed E-state index contributed by atoms with van der Waals surface area (Å²) < 4.78 is 16.0. The van der Waals surface area contributed by atoms with Crippen LogP contribution in [0.3, 0.4) is 0 Å². The Kier molecular flexibility index (Phi) is 7.48. The number of nitrogens with one attached hydrogen (secondary N) is 2. The van der Waals surface area contributed by atoms with Crippen LogP contribution in [0.4, 0.5) is 0 Å². The third-order valence-electron chi connectivity index (χ3n) is 2.90. The van der Waals surface area contributed by atoms with E-state index in [9.17, 15) is 0 Å². The first kappa shape index (κ1) is 17.5. The first-order chi connectivity index (χ1) is 10.7. The Bertz CT molecular complexity index is 550. The van der Waals surface area contributed by atoms with Gasteiger partial charge in [0.2, 0.25) is 0 Å². The van der Waals surface area contributed by atoms with Gasteiger partial charge in [-0.25, -0.2) is 4.99 Å². The van der Waals surface area contributed by atoms with Crippen LogP contribution in [-0.4, -0.2) is 40.4 Å². The molecule has 0 unspecified atom stereocenters. The minimum absolute atomic E-state index is 0.412. The molecular formula is C16H23N3O3. The van der Waals surface area contributed by atoms with Crippen LogP contribution in [0.1, 0.15) is 12.5 Å². The molecule has 0 spiro atoms. The van der Waals surface area contributed by atoms with Crippen LogP contribution in [0, 0.1) is 12.3 Å². The molecule has 0 saturated carbocycles. The van der Waals surface area contributed by atoms with E-state index in [2.05, 4.69) is 21.5 Å². The molecule has 0 aliphatic heterocycles. The highest BCUT2D eigenvalue weighted by atomic mass is 16.5. The van der Waals surface area contributed by atoms with Gasteiger partial charge in [0.15, 0.2) is 17.5 Å². The minimum Gasteiger partial charge on any atom is -0.496 e. The van der Waals surface area contributed by atoms with Crippen molar-refractivity contribution >= 4 is 5.96 Å². The predicted molar refractivity (Wildman–Crippen MR) is 87.7 cm³/mol. The van der Waals surface area contributed by atoms with E-state index in [1.807, 2.05) is 13.0 Å².